The van der Waals surface area contributed by atoms with Crippen LogP contribution < -0.4 is 0 Å². The number of likely N-dealkylation sites (N-methyl/N-ethyl adjacent to an activating group) is 1. The van der Waals surface area contributed by atoms with E-state index >= 15 is 0 Å². The van der Waals surface area contributed by atoms with Gasteiger partial charge in [0.1, 0.15) is 5.71 Å². The van der Waals surface area contributed by atoms with Crippen molar-refractivity contribution in [1.29, 1.82) is 0 Å². The van der Waals surface area contributed by atoms with Crippen molar-refractivity contribution < 1.29 is 4.79 Å². The van der Waals surface area contributed by atoms with Crippen molar-refractivity contribution in [2.45, 2.75) is 20.8 Å². The normalized spacial score (nSPS) is 23.4. The third kappa shape index (κ3) is 1.92. The van der Waals surface area contributed by atoms with Crippen LogP contribution in [-0.2, 0) is 4.79 Å². The van der Waals surface area contributed by atoms with Crippen molar-refractivity contribution in [1.82, 2.24) is 4.90 Å². The van der Waals surface area contributed by atoms with Crippen molar-refractivity contribution in [3.8, 4) is 0 Å². The van der Waals surface area contributed by atoms with Crippen LogP contribution in [0.15, 0.2) is 28.9 Å². The van der Waals surface area contributed by atoms with Crippen LogP contribution in [0.4, 0.5) is 0 Å². The Labute approximate surface area is 84.8 Å². The number of carbonyl (C=O) groups excluding carboxylic acids is 1. The van der Waals surface area contributed by atoms with E-state index in [4.69, 9.17) is 0 Å². The number of carbonyl (C=O) groups is 1. The molecule has 0 N–H and O–H groups in total. The predicted molar refractivity (Wildman–Crippen MR) is 58.3 cm³/mol. The molecule has 0 aromatic carbocycles. The Bertz CT molecular complexity index is 313. The van der Waals surface area contributed by atoms with E-state index in [-0.39, 0.29) is 5.91 Å². The number of nitrogens with zero attached hydrogens (tertiary/aromatic N) is 2. The molecule has 1 aliphatic heterocycles. The lowest BCUT2D eigenvalue weighted by molar-refractivity contribution is -0.122. The smallest absolute Gasteiger partial charge is 0.273 e. The zero-order valence-electron chi connectivity index (χ0n) is 8.95. The first-order valence-electron chi connectivity index (χ1n) is 4.88. The molecule has 0 spiro atoms. The maximum Gasteiger partial charge on any atom is 0.273 e. The van der Waals surface area contributed by atoms with Crippen molar-refractivity contribution in [3.05, 3.63) is 23.9 Å². The van der Waals surface area contributed by atoms with Crippen LogP contribution in [0, 0.1) is 0 Å². The molecule has 3 nitrogen and oxygen atoms in total. The summed E-state index contributed by atoms with van der Waals surface area (Å²) in [6.45, 7) is 7.24. The van der Waals surface area contributed by atoms with E-state index in [0.29, 0.717) is 12.3 Å². The van der Waals surface area contributed by atoms with E-state index in [9.17, 15) is 4.79 Å². The van der Waals surface area contributed by atoms with E-state index < -0.39 is 0 Å². The minimum atomic E-state index is 0.0405. The predicted octanol–water partition coefficient (Wildman–Crippen LogP) is 1.77. The highest BCUT2D eigenvalue weighted by molar-refractivity contribution is 6.47. The van der Waals surface area contributed by atoms with Gasteiger partial charge in [-0.15, -0.1) is 0 Å². The molecular formula is C11H16N2O. The third-order valence-electron chi connectivity index (χ3n) is 2.24. The SMILES string of the molecule is C\C=C/N=C1\C(=O)N(CC)C\C1=C\C. The minimum Gasteiger partial charge on any atom is -0.333 e. The first-order valence-corrected chi connectivity index (χ1v) is 4.88. The molecule has 1 aliphatic rings. The average molecular weight is 192 g/mol. The molecule has 0 aromatic heterocycles. The lowest BCUT2D eigenvalue weighted by Gasteiger charge is -2.09. The third-order valence-corrected chi connectivity index (χ3v) is 2.24. The number of hydrogen-bond acceptors (Lipinski definition) is 2. The highest BCUT2D eigenvalue weighted by Gasteiger charge is 2.29. The summed E-state index contributed by atoms with van der Waals surface area (Å²) in [5, 5.41) is 0. The van der Waals surface area contributed by atoms with Crippen molar-refractivity contribution in [2.24, 2.45) is 4.99 Å². The van der Waals surface area contributed by atoms with Gasteiger partial charge in [-0.3, -0.25) is 9.79 Å². The first kappa shape index (κ1) is 10.7. The largest absolute Gasteiger partial charge is 0.333 e. The molecule has 0 aliphatic carbocycles. The van der Waals surface area contributed by atoms with Crippen LogP contribution >= 0.6 is 0 Å². The lowest BCUT2D eigenvalue weighted by atomic mass is 10.2. The maximum atomic E-state index is 11.7. The summed E-state index contributed by atoms with van der Waals surface area (Å²) in [5.41, 5.74) is 1.61. The highest BCUT2D eigenvalue weighted by Crippen LogP contribution is 2.14. The fourth-order valence-corrected chi connectivity index (χ4v) is 1.41. The number of likely N-dealkylation sites (tertiary alicyclic amines) is 1. The number of aliphatic imine (C=N–C) groups is 1. The van der Waals surface area contributed by atoms with E-state index in [0.717, 1.165) is 12.1 Å². The standard InChI is InChI=1S/C11H16N2O/c1-4-7-12-10-9(5-2)8-13(6-3)11(10)14/h4-5,7H,6,8H2,1-3H3/b7-4-,9-5-,12-10-. The van der Waals surface area contributed by atoms with E-state index in [1.54, 1.807) is 11.1 Å². The van der Waals surface area contributed by atoms with E-state index in [2.05, 4.69) is 4.99 Å². The Balaban J connectivity index is 2.98. The molecule has 76 valence electrons. The van der Waals surface area contributed by atoms with E-state index in [1.807, 2.05) is 32.9 Å². The van der Waals surface area contributed by atoms with Gasteiger partial charge in [0.05, 0.1) is 0 Å². The Morgan fingerprint density at radius 2 is 2.21 bits per heavy atom. The molecule has 1 fully saturated rings. The number of amides is 1. The molecular weight excluding hydrogens is 176 g/mol. The Morgan fingerprint density at radius 1 is 1.50 bits per heavy atom. The van der Waals surface area contributed by atoms with Crippen LogP contribution in [0.25, 0.3) is 0 Å². The van der Waals surface area contributed by atoms with E-state index in [1.165, 1.54) is 0 Å². The second-order valence-corrected chi connectivity index (χ2v) is 3.09. The van der Waals surface area contributed by atoms with Crippen LogP contribution in [-0.4, -0.2) is 29.6 Å². The molecule has 14 heavy (non-hydrogen) atoms. The molecule has 1 rings (SSSR count). The molecule has 1 heterocycles. The van der Waals surface area contributed by atoms with Gasteiger partial charge in [-0.25, -0.2) is 0 Å². The second kappa shape index (κ2) is 4.74. The molecule has 0 radical (unpaired) electrons. The molecule has 0 saturated carbocycles. The summed E-state index contributed by atoms with van der Waals surface area (Å²) in [6.07, 6.45) is 5.44. The van der Waals surface area contributed by atoms with Gasteiger partial charge in [0.15, 0.2) is 0 Å². The van der Waals surface area contributed by atoms with Gasteiger partial charge in [-0.2, -0.15) is 0 Å². The van der Waals surface area contributed by atoms with Crippen LogP contribution in [0.3, 0.4) is 0 Å². The molecule has 0 aromatic rings. The summed E-state index contributed by atoms with van der Waals surface area (Å²) in [5.74, 6) is 0.0405. The number of allylic oxidation sites excluding steroid dienone is 2. The fraction of sp³-hybridized carbons (Fsp3) is 0.455. The molecule has 3 heteroatoms. The zero-order chi connectivity index (χ0) is 10.6. The quantitative estimate of drug-likeness (QED) is 0.656. The average Bonchev–Trinajstić information content (AvgIpc) is 2.52. The number of rotatable bonds is 2. The van der Waals surface area contributed by atoms with Gasteiger partial charge in [0.25, 0.3) is 5.91 Å². The minimum absolute atomic E-state index is 0.0405. The zero-order valence-corrected chi connectivity index (χ0v) is 8.95. The Hall–Kier alpha value is -1.38. The Morgan fingerprint density at radius 3 is 2.71 bits per heavy atom. The lowest BCUT2D eigenvalue weighted by Crippen LogP contribution is -2.26. The summed E-state index contributed by atoms with van der Waals surface area (Å²) in [7, 11) is 0. The van der Waals surface area contributed by atoms with Crippen molar-refractivity contribution in [3.63, 3.8) is 0 Å². The van der Waals surface area contributed by atoms with Gasteiger partial charge in [0.2, 0.25) is 0 Å². The monoisotopic (exact) mass is 192 g/mol. The molecule has 0 atom stereocenters. The fourth-order valence-electron chi connectivity index (χ4n) is 1.41. The maximum absolute atomic E-state index is 11.7. The van der Waals surface area contributed by atoms with Crippen LogP contribution in [0.1, 0.15) is 20.8 Å². The van der Waals surface area contributed by atoms with Crippen molar-refractivity contribution in [2.75, 3.05) is 13.1 Å². The van der Waals surface area contributed by atoms with Gasteiger partial charge >= 0.3 is 0 Å². The molecule has 1 saturated heterocycles. The van der Waals surface area contributed by atoms with Crippen molar-refractivity contribution >= 4 is 11.6 Å². The summed E-state index contributed by atoms with van der Waals surface area (Å²) in [6, 6.07) is 0. The van der Waals surface area contributed by atoms with Crippen LogP contribution in [0.2, 0.25) is 0 Å². The topological polar surface area (TPSA) is 32.7 Å². The van der Waals surface area contributed by atoms with Gasteiger partial charge in [-0.05, 0) is 26.3 Å². The molecule has 1 amide bonds. The Kier molecular flexibility index (Phi) is 3.63. The molecule has 0 unspecified atom stereocenters. The molecule has 0 bridgehead atoms. The summed E-state index contributed by atoms with van der Waals surface area (Å²) < 4.78 is 0. The first-order chi connectivity index (χ1) is 6.74. The highest BCUT2D eigenvalue weighted by atomic mass is 16.2. The van der Waals surface area contributed by atoms with Gasteiger partial charge < -0.3 is 4.90 Å². The summed E-state index contributed by atoms with van der Waals surface area (Å²) in [4.78, 5) is 17.7. The van der Waals surface area contributed by atoms with Gasteiger partial charge in [-0.1, -0.05) is 12.2 Å². The van der Waals surface area contributed by atoms with Gasteiger partial charge in [0, 0.05) is 19.3 Å². The van der Waals surface area contributed by atoms with Crippen LogP contribution in [0.5, 0.6) is 0 Å². The second-order valence-electron chi connectivity index (χ2n) is 3.09. The number of hydrogen-bond donors (Lipinski definition) is 0. The summed E-state index contributed by atoms with van der Waals surface area (Å²) >= 11 is 0.